The summed E-state index contributed by atoms with van der Waals surface area (Å²) in [5, 5.41) is 3.13. The van der Waals surface area contributed by atoms with Gasteiger partial charge in [0.05, 0.1) is 6.04 Å². The summed E-state index contributed by atoms with van der Waals surface area (Å²) in [6.07, 6.45) is 4.71. The van der Waals surface area contributed by atoms with Crippen molar-refractivity contribution >= 4 is 6.03 Å². The SMILES string of the molecule is Cc1cnc(C(C)NC(=O)N(CCc2ccccc2)C2CCN(C)CC2)[nH]1. The summed E-state index contributed by atoms with van der Waals surface area (Å²) < 4.78 is 0. The highest BCUT2D eigenvalue weighted by Crippen LogP contribution is 2.18. The molecule has 6 nitrogen and oxygen atoms in total. The molecule has 1 saturated heterocycles. The molecule has 1 aromatic heterocycles. The number of imidazole rings is 1. The number of aromatic nitrogens is 2. The van der Waals surface area contributed by atoms with Crippen LogP contribution in [-0.4, -0.2) is 58.5 Å². The minimum Gasteiger partial charge on any atom is -0.344 e. The number of benzene rings is 1. The number of carbonyl (C=O) groups excluding carboxylic acids is 1. The van der Waals surface area contributed by atoms with Crippen LogP contribution in [0, 0.1) is 6.92 Å². The second kappa shape index (κ2) is 9.04. The Labute approximate surface area is 162 Å². The van der Waals surface area contributed by atoms with Gasteiger partial charge in [-0.25, -0.2) is 9.78 Å². The van der Waals surface area contributed by atoms with Gasteiger partial charge in [0, 0.05) is 24.5 Å². The van der Waals surface area contributed by atoms with E-state index in [0.717, 1.165) is 50.4 Å². The standard InChI is InChI=1S/C21H31N5O/c1-16-15-22-20(23-16)17(2)24-21(27)26(19-10-12-25(3)13-11-19)14-9-18-7-5-4-6-8-18/h4-8,15,17,19H,9-14H2,1-3H3,(H,22,23)(H,24,27). The fourth-order valence-corrected chi connectivity index (χ4v) is 3.64. The maximum Gasteiger partial charge on any atom is 0.318 e. The lowest BCUT2D eigenvalue weighted by Gasteiger charge is -2.37. The largest absolute Gasteiger partial charge is 0.344 e. The van der Waals surface area contributed by atoms with Crippen LogP contribution in [-0.2, 0) is 6.42 Å². The molecule has 1 aliphatic heterocycles. The van der Waals surface area contributed by atoms with Crippen LogP contribution in [0.1, 0.15) is 42.9 Å². The summed E-state index contributed by atoms with van der Waals surface area (Å²) >= 11 is 0. The number of urea groups is 1. The lowest BCUT2D eigenvalue weighted by atomic mass is 10.0. The molecule has 0 bridgehead atoms. The molecule has 146 valence electrons. The van der Waals surface area contributed by atoms with Crippen LogP contribution >= 0.6 is 0 Å². The smallest absolute Gasteiger partial charge is 0.318 e. The van der Waals surface area contributed by atoms with Crippen molar-refractivity contribution in [1.29, 1.82) is 0 Å². The Morgan fingerprint density at radius 1 is 1.33 bits per heavy atom. The summed E-state index contributed by atoms with van der Waals surface area (Å²) in [6.45, 7) is 6.74. The van der Waals surface area contributed by atoms with Crippen LogP contribution in [0.25, 0.3) is 0 Å². The molecule has 3 rings (SSSR count). The predicted octanol–water partition coefficient (Wildman–Crippen LogP) is 3.13. The molecular formula is C21H31N5O. The Kier molecular flexibility index (Phi) is 6.50. The van der Waals surface area contributed by atoms with Crippen LogP contribution in [0.5, 0.6) is 0 Å². The first-order valence-corrected chi connectivity index (χ1v) is 9.84. The molecule has 0 aliphatic carbocycles. The van der Waals surface area contributed by atoms with Crippen LogP contribution in [0.3, 0.4) is 0 Å². The second-order valence-electron chi connectivity index (χ2n) is 7.59. The van der Waals surface area contributed by atoms with E-state index in [1.165, 1.54) is 5.56 Å². The molecule has 2 amide bonds. The van der Waals surface area contributed by atoms with Crippen molar-refractivity contribution in [3.63, 3.8) is 0 Å². The van der Waals surface area contributed by atoms with E-state index in [9.17, 15) is 4.79 Å². The van der Waals surface area contributed by atoms with Crippen molar-refractivity contribution in [2.75, 3.05) is 26.7 Å². The minimum atomic E-state index is -0.142. The highest BCUT2D eigenvalue weighted by Gasteiger charge is 2.28. The molecule has 0 saturated carbocycles. The molecule has 1 aliphatic rings. The van der Waals surface area contributed by atoms with Gasteiger partial charge in [-0.15, -0.1) is 0 Å². The maximum absolute atomic E-state index is 13.1. The number of likely N-dealkylation sites (tertiary alicyclic amines) is 1. The summed E-state index contributed by atoms with van der Waals surface area (Å²) in [6, 6.07) is 10.5. The molecule has 27 heavy (non-hydrogen) atoms. The summed E-state index contributed by atoms with van der Waals surface area (Å²) in [7, 11) is 2.14. The summed E-state index contributed by atoms with van der Waals surface area (Å²) in [5.74, 6) is 0.798. The molecule has 2 N–H and O–H groups in total. The van der Waals surface area contributed by atoms with Crippen molar-refractivity contribution in [2.45, 2.75) is 45.2 Å². The monoisotopic (exact) mass is 369 g/mol. The lowest BCUT2D eigenvalue weighted by molar-refractivity contribution is 0.130. The number of amides is 2. The molecule has 0 radical (unpaired) electrons. The van der Waals surface area contributed by atoms with Crippen molar-refractivity contribution < 1.29 is 4.79 Å². The zero-order valence-corrected chi connectivity index (χ0v) is 16.6. The first-order valence-electron chi connectivity index (χ1n) is 9.84. The van der Waals surface area contributed by atoms with E-state index in [-0.39, 0.29) is 18.1 Å². The number of nitrogens with one attached hydrogen (secondary N) is 2. The third-order valence-corrected chi connectivity index (χ3v) is 5.35. The lowest BCUT2D eigenvalue weighted by Crippen LogP contribution is -2.51. The highest BCUT2D eigenvalue weighted by atomic mass is 16.2. The normalized spacial score (nSPS) is 16.9. The van der Waals surface area contributed by atoms with E-state index in [0.29, 0.717) is 0 Å². The summed E-state index contributed by atoms with van der Waals surface area (Å²) in [4.78, 5) is 25.0. The number of rotatable bonds is 6. The van der Waals surface area contributed by atoms with Crippen molar-refractivity contribution in [2.24, 2.45) is 0 Å². The Morgan fingerprint density at radius 3 is 2.67 bits per heavy atom. The molecule has 0 spiro atoms. The van der Waals surface area contributed by atoms with Gasteiger partial charge in [0.1, 0.15) is 5.82 Å². The number of piperidine rings is 1. The van der Waals surface area contributed by atoms with Gasteiger partial charge in [-0.05, 0) is 58.8 Å². The number of H-pyrrole nitrogens is 1. The average molecular weight is 370 g/mol. The average Bonchev–Trinajstić information content (AvgIpc) is 3.11. The Balaban J connectivity index is 1.66. The molecule has 6 heteroatoms. The van der Waals surface area contributed by atoms with E-state index in [1.807, 2.05) is 24.8 Å². The zero-order valence-electron chi connectivity index (χ0n) is 16.6. The molecule has 1 fully saturated rings. The van der Waals surface area contributed by atoms with E-state index in [2.05, 4.69) is 51.5 Å². The Bertz CT molecular complexity index is 721. The first kappa shape index (κ1) is 19.4. The first-order chi connectivity index (χ1) is 13.0. The van der Waals surface area contributed by atoms with Crippen molar-refractivity contribution in [1.82, 2.24) is 25.1 Å². The molecule has 1 unspecified atom stereocenters. The molecule has 1 atom stereocenters. The number of carbonyl (C=O) groups is 1. The second-order valence-corrected chi connectivity index (χ2v) is 7.59. The van der Waals surface area contributed by atoms with Gasteiger partial charge in [-0.2, -0.15) is 0 Å². The number of aromatic amines is 1. The Morgan fingerprint density at radius 2 is 2.04 bits per heavy atom. The number of nitrogens with zero attached hydrogens (tertiary/aromatic N) is 3. The minimum absolute atomic E-state index is 0.00189. The molecule has 1 aromatic carbocycles. The van der Waals surface area contributed by atoms with Crippen molar-refractivity contribution in [3.05, 3.63) is 53.6 Å². The van der Waals surface area contributed by atoms with Gasteiger partial charge in [0.25, 0.3) is 0 Å². The highest BCUT2D eigenvalue weighted by molar-refractivity contribution is 5.75. The van der Waals surface area contributed by atoms with E-state index >= 15 is 0 Å². The number of hydrogen-bond acceptors (Lipinski definition) is 3. The Hall–Kier alpha value is -2.34. The van der Waals surface area contributed by atoms with Crippen LogP contribution in [0.15, 0.2) is 36.5 Å². The molecular weight excluding hydrogens is 338 g/mol. The van der Waals surface area contributed by atoms with Gasteiger partial charge in [-0.1, -0.05) is 30.3 Å². The van der Waals surface area contributed by atoms with Crippen molar-refractivity contribution in [3.8, 4) is 0 Å². The zero-order chi connectivity index (χ0) is 19.2. The topological polar surface area (TPSA) is 64.3 Å². The predicted molar refractivity (Wildman–Crippen MR) is 108 cm³/mol. The van der Waals surface area contributed by atoms with Crippen LogP contribution in [0.4, 0.5) is 4.79 Å². The van der Waals surface area contributed by atoms with Gasteiger partial charge < -0.3 is 20.1 Å². The summed E-state index contributed by atoms with van der Waals surface area (Å²) in [5.41, 5.74) is 2.26. The quantitative estimate of drug-likeness (QED) is 0.822. The van der Waals surface area contributed by atoms with Gasteiger partial charge in [0.15, 0.2) is 0 Å². The van der Waals surface area contributed by atoms with Crippen LogP contribution < -0.4 is 5.32 Å². The fourth-order valence-electron chi connectivity index (χ4n) is 3.64. The van der Waals surface area contributed by atoms with Gasteiger partial charge in [0.2, 0.25) is 0 Å². The maximum atomic E-state index is 13.1. The fraction of sp³-hybridized carbons (Fsp3) is 0.524. The van der Waals surface area contributed by atoms with Gasteiger partial charge in [-0.3, -0.25) is 0 Å². The molecule has 2 heterocycles. The third-order valence-electron chi connectivity index (χ3n) is 5.35. The number of hydrogen-bond donors (Lipinski definition) is 2. The van der Waals surface area contributed by atoms with Gasteiger partial charge >= 0.3 is 6.03 Å². The number of aryl methyl sites for hydroxylation is 1. The molecule has 2 aromatic rings. The third kappa shape index (κ3) is 5.32. The van der Waals surface area contributed by atoms with E-state index in [1.54, 1.807) is 6.20 Å². The van der Waals surface area contributed by atoms with E-state index < -0.39 is 0 Å². The van der Waals surface area contributed by atoms with Crippen LogP contribution in [0.2, 0.25) is 0 Å². The van der Waals surface area contributed by atoms with E-state index in [4.69, 9.17) is 0 Å².